The van der Waals surface area contributed by atoms with Gasteiger partial charge in [-0.1, -0.05) is 19.1 Å². The number of carbonyl (C=O) groups is 1. The van der Waals surface area contributed by atoms with Crippen molar-refractivity contribution in [2.75, 3.05) is 44.2 Å². The van der Waals surface area contributed by atoms with Crippen LogP contribution in [-0.2, 0) is 0 Å². The summed E-state index contributed by atoms with van der Waals surface area (Å²) >= 11 is 0. The number of rotatable bonds is 8. The lowest BCUT2D eigenvalue weighted by molar-refractivity contribution is 0.0662. The Labute approximate surface area is 165 Å². The molecule has 1 aliphatic rings. The fourth-order valence-electron chi connectivity index (χ4n) is 3.36. The molecule has 1 fully saturated rings. The molecular weight excluding hydrogens is 359 g/mol. The largest absolute Gasteiger partial charge is 0.491 e. The molecule has 0 radical (unpaired) electrons. The lowest BCUT2D eigenvalue weighted by atomic mass is 10.1. The van der Waals surface area contributed by atoms with E-state index in [2.05, 4.69) is 4.90 Å². The van der Waals surface area contributed by atoms with Gasteiger partial charge in [0, 0.05) is 44.7 Å². The van der Waals surface area contributed by atoms with Crippen molar-refractivity contribution in [2.24, 2.45) is 0 Å². The molecule has 150 valence electrons. The van der Waals surface area contributed by atoms with E-state index in [1.54, 1.807) is 36.4 Å². The van der Waals surface area contributed by atoms with Crippen molar-refractivity contribution in [1.82, 2.24) is 4.90 Å². The second-order valence-electron chi connectivity index (χ2n) is 7.01. The van der Waals surface area contributed by atoms with Crippen LogP contribution in [0, 0.1) is 5.82 Å². The van der Waals surface area contributed by atoms with Gasteiger partial charge in [-0.2, -0.15) is 0 Å². The number of aliphatic hydroxyl groups excluding tert-OH is 1. The lowest BCUT2D eigenvalue weighted by Crippen LogP contribution is -2.49. The fourth-order valence-corrected chi connectivity index (χ4v) is 3.36. The number of ether oxygens (including phenoxy) is 1. The first-order valence-corrected chi connectivity index (χ1v) is 9.72. The minimum atomic E-state index is -0.614. The van der Waals surface area contributed by atoms with Gasteiger partial charge in [0.15, 0.2) is 5.78 Å². The normalized spacial score (nSPS) is 16.0. The molecule has 0 saturated carbocycles. The minimum Gasteiger partial charge on any atom is -0.491 e. The summed E-state index contributed by atoms with van der Waals surface area (Å²) in [7, 11) is 0. The van der Waals surface area contributed by atoms with Crippen LogP contribution in [0.1, 0.15) is 23.7 Å². The Morgan fingerprint density at radius 3 is 2.43 bits per heavy atom. The molecule has 1 heterocycles. The molecule has 6 heteroatoms. The first kappa shape index (κ1) is 20.3. The average molecular weight is 386 g/mol. The first-order chi connectivity index (χ1) is 13.6. The number of Topliss-reactive ketones (excluding diaryl/α,β-unsaturated/α-hetero) is 1. The molecule has 1 atom stereocenters. The van der Waals surface area contributed by atoms with E-state index < -0.39 is 6.10 Å². The zero-order valence-electron chi connectivity index (χ0n) is 16.2. The number of hydrogen-bond donors (Lipinski definition) is 1. The summed E-state index contributed by atoms with van der Waals surface area (Å²) in [5, 5.41) is 10.3. The lowest BCUT2D eigenvalue weighted by Gasteiger charge is -2.36. The van der Waals surface area contributed by atoms with Crippen LogP contribution in [0.3, 0.4) is 0 Å². The van der Waals surface area contributed by atoms with Crippen molar-refractivity contribution >= 4 is 11.5 Å². The van der Waals surface area contributed by atoms with Gasteiger partial charge in [0.1, 0.15) is 24.3 Å². The van der Waals surface area contributed by atoms with Gasteiger partial charge < -0.3 is 14.7 Å². The second kappa shape index (κ2) is 9.66. The van der Waals surface area contributed by atoms with E-state index in [4.69, 9.17) is 4.74 Å². The maximum Gasteiger partial charge on any atom is 0.162 e. The van der Waals surface area contributed by atoms with E-state index in [-0.39, 0.29) is 18.2 Å². The van der Waals surface area contributed by atoms with Crippen LogP contribution in [0.4, 0.5) is 10.1 Å². The summed E-state index contributed by atoms with van der Waals surface area (Å²) in [6.07, 6.45) is -0.139. The van der Waals surface area contributed by atoms with Gasteiger partial charge in [-0.25, -0.2) is 4.39 Å². The molecule has 2 aromatic carbocycles. The van der Waals surface area contributed by atoms with Crippen LogP contribution in [0.5, 0.6) is 5.75 Å². The Morgan fingerprint density at radius 2 is 1.79 bits per heavy atom. The van der Waals surface area contributed by atoms with Crippen molar-refractivity contribution < 1.29 is 19.0 Å². The third-order valence-corrected chi connectivity index (χ3v) is 4.97. The number of carbonyl (C=O) groups excluding carboxylic acids is 1. The molecule has 2 aromatic rings. The third-order valence-electron chi connectivity index (χ3n) is 4.97. The molecule has 3 rings (SSSR count). The molecule has 0 unspecified atom stereocenters. The smallest absolute Gasteiger partial charge is 0.162 e. The highest BCUT2D eigenvalue weighted by Gasteiger charge is 2.21. The van der Waals surface area contributed by atoms with Crippen LogP contribution in [0.25, 0.3) is 0 Å². The molecule has 28 heavy (non-hydrogen) atoms. The number of hydrogen-bond acceptors (Lipinski definition) is 5. The zero-order valence-corrected chi connectivity index (χ0v) is 16.2. The van der Waals surface area contributed by atoms with Gasteiger partial charge in [0.25, 0.3) is 0 Å². The van der Waals surface area contributed by atoms with Crippen molar-refractivity contribution in [3.05, 3.63) is 59.9 Å². The number of benzene rings is 2. The fraction of sp³-hybridized carbons (Fsp3) is 0.409. The molecule has 0 aromatic heterocycles. The van der Waals surface area contributed by atoms with Crippen molar-refractivity contribution in [3.63, 3.8) is 0 Å². The molecule has 5 nitrogen and oxygen atoms in total. The summed E-state index contributed by atoms with van der Waals surface area (Å²) in [6.45, 7) is 5.51. The van der Waals surface area contributed by atoms with Crippen molar-refractivity contribution in [2.45, 2.75) is 19.4 Å². The van der Waals surface area contributed by atoms with E-state index in [1.807, 2.05) is 17.9 Å². The molecule has 1 N–H and O–H groups in total. The van der Waals surface area contributed by atoms with E-state index in [0.29, 0.717) is 30.0 Å². The monoisotopic (exact) mass is 386 g/mol. The van der Waals surface area contributed by atoms with Gasteiger partial charge in [-0.3, -0.25) is 9.69 Å². The highest BCUT2D eigenvalue weighted by Crippen LogP contribution is 2.20. The highest BCUT2D eigenvalue weighted by atomic mass is 19.1. The van der Waals surface area contributed by atoms with Crippen LogP contribution in [0.2, 0.25) is 0 Å². The average Bonchev–Trinajstić information content (AvgIpc) is 2.73. The quantitative estimate of drug-likeness (QED) is 0.707. The van der Waals surface area contributed by atoms with Crippen molar-refractivity contribution in [1.29, 1.82) is 0 Å². The summed E-state index contributed by atoms with van der Waals surface area (Å²) in [4.78, 5) is 15.8. The first-order valence-electron chi connectivity index (χ1n) is 9.72. The standard InChI is InChI=1S/C22H27FN2O3/c1-2-22(27)17-7-9-19(10-8-17)28-16-18(26)15-24-11-13-25(14-12-24)21-6-4-3-5-20(21)23/h3-10,18,26H,2,11-16H2,1H3/t18-/m1/s1. The Balaban J connectivity index is 1.41. The van der Waals surface area contributed by atoms with Gasteiger partial charge in [0.2, 0.25) is 0 Å². The summed E-state index contributed by atoms with van der Waals surface area (Å²) < 4.78 is 19.5. The van der Waals surface area contributed by atoms with Crippen LogP contribution < -0.4 is 9.64 Å². The predicted octanol–water partition coefficient (Wildman–Crippen LogP) is 2.98. The van der Waals surface area contributed by atoms with E-state index >= 15 is 0 Å². The molecule has 0 amide bonds. The molecule has 0 aliphatic carbocycles. The van der Waals surface area contributed by atoms with Gasteiger partial charge in [-0.05, 0) is 36.4 Å². The SMILES string of the molecule is CCC(=O)c1ccc(OC[C@H](O)CN2CCN(c3ccccc3F)CC2)cc1. The number of aliphatic hydroxyl groups is 1. The Kier molecular flexibility index (Phi) is 7.01. The van der Waals surface area contributed by atoms with Gasteiger partial charge >= 0.3 is 0 Å². The Morgan fingerprint density at radius 1 is 1.11 bits per heavy atom. The number of ketones is 1. The minimum absolute atomic E-state index is 0.0983. The Hall–Kier alpha value is -2.44. The predicted molar refractivity (Wildman–Crippen MR) is 108 cm³/mol. The summed E-state index contributed by atoms with van der Waals surface area (Å²) in [5.74, 6) is 0.535. The summed E-state index contributed by atoms with van der Waals surface area (Å²) in [6, 6.07) is 13.8. The van der Waals surface area contributed by atoms with E-state index in [9.17, 15) is 14.3 Å². The maximum absolute atomic E-state index is 13.9. The second-order valence-corrected chi connectivity index (χ2v) is 7.01. The summed E-state index contributed by atoms with van der Waals surface area (Å²) in [5.41, 5.74) is 1.30. The maximum atomic E-state index is 13.9. The van der Waals surface area contributed by atoms with Gasteiger partial charge in [0.05, 0.1) is 5.69 Å². The van der Waals surface area contributed by atoms with Crippen LogP contribution >= 0.6 is 0 Å². The zero-order chi connectivity index (χ0) is 19.9. The number of piperazine rings is 1. The van der Waals surface area contributed by atoms with Gasteiger partial charge in [-0.15, -0.1) is 0 Å². The van der Waals surface area contributed by atoms with Crippen molar-refractivity contribution in [3.8, 4) is 5.75 Å². The topological polar surface area (TPSA) is 53.0 Å². The highest BCUT2D eigenvalue weighted by molar-refractivity contribution is 5.95. The number of anilines is 1. The number of halogens is 1. The molecular formula is C22H27FN2O3. The number of para-hydroxylation sites is 1. The van der Waals surface area contributed by atoms with Crippen LogP contribution in [-0.4, -0.2) is 61.2 Å². The molecule has 1 aliphatic heterocycles. The molecule has 0 bridgehead atoms. The number of β-amino-alcohol motifs (C(OH)–C–C–N with tert-alkyl or cyclic N) is 1. The molecule has 0 spiro atoms. The Bertz CT molecular complexity index is 774. The number of nitrogens with zero attached hydrogens (tertiary/aromatic N) is 2. The van der Waals surface area contributed by atoms with E-state index in [1.165, 1.54) is 6.07 Å². The third kappa shape index (κ3) is 5.30. The molecule has 1 saturated heterocycles. The van der Waals surface area contributed by atoms with Crippen LogP contribution in [0.15, 0.2) is 48.5 Å². The van der Waals surface area contributed by atoms with E-state index in [0.717, 1.165) is 26.2 Å².